The highest BCUT2D eigenvalue weighted by atomic mass is 16.5. The summed E-state index contributed by atoms with van der Waals surface area (Å²) in [7, 11) is 3.14. The molecule has 0 fully saturated rings. The molecule has 0 aliphatic rings. The van der Waals surface area contributed by atoms with Crippen molar-refractivity contribution in [3.8, 4) is 11.5 Å². The van der Waals surface area contributed by atoms with Gasteiger partial charge in [0.25, 0.3) is 5.91 Å². The van der Waals surface area contributed by atoms with Crippen LogP contribution in [0.25, 0.3) is 0 Å². The van der Waals surface area contributed by atoms with Crippen LogP contribution >= 0.6 is 0 Å². The zero-order chi connectivity index (χ0) is 20.7. The van der Waals surface area contributed by atoms with Gasteiger partial charge in [0.15, 0.2) is 6.61 Å². The van der Waals surface area contributed by atoms with Crippen molar-refractivity contribution in [2.75, 3.05) is 20.8 Å². The fraction of sp³-hybridized carbons (Fsp3) is 0.364. The van der Waals surface area contributed by atoms with Gasteiger partial charge in [-0.25, -0.2) is 0 Å². The lowest BCUT2D eigenvalue weighted by Gasteiger charge is -2.28. The van der Waals surface area contributed by atoms with Gasteiger partial charge in [0.05, 0.1) is 7.11 Å². The average Bonchev–Trinajstić information content (AvgIpc) is 2.68. The lowest BCUT2D eigenvalue weighted by molar-refractivity contribution is -0.142. The number of hydrogen-bond donors (Lipinski definition) is 1. The lowest BCUT2D eigenvalue weighted by Crippen LogP contribution is -2.48. The molecule has 2 aromatic carbocycles. The SMILES string of the molecule is CNC(=O)[C@@H](C)N(Cc1cccc(OC)c1)C(=O)COc1cc(C)cc(C)c1. The molecule has 0 heterocycles. The first-order valence-corrected chi connectivity index (χ1v) is 9.19. The number of methoxy groups -OCH3 is 1. The minimum atomic E-state index is -0.633. The molecule has 0 saturated carbocycles. The molecule has 0 bridgehead atoms. The van der Waals surface area contributed by atoms with Crippen molar-refractivity contribution in [2.45, 2.75) is 33.4 Å². The van der Waals surface area contributed by atoms with Gasteiger partial charge in [0.1, 0.15) is 17.5 Å². The summed E-state index contributed by atoms with van der Waals surface area (Å²) in [5, 5.41) is 2.60. The standard InChI is InChI=1S/C22H28N2O4/c1-15-9-16(2)11-20(10-15)28-14-21(25)24(17(3)22(26)23-4)13-18-7-6-8-19(12-18)27-5/h6-12,17H,13-14H2,1-5H3,(H,23,26)/t17-/m1/s1. The van der Waals surface area contributed by atoms with Crippen LogP contribution in [0, 0.1) is 13.8 Å². The molecule has 2 rings (SSSR count). The Kier molecular flexibility index (Phi) is 7.44. The number of hydrogen-bond acceptors (Lipinski definition) is 4. The normalized spacial score (nSPS) is 11.5. The van der Waals surface area contributed by atoms with Crippen molar-refractivity contribution in [3.05, 3.63) is 59.2 Å². The van der Waals surface area contributed by atoms with E-state index in [0.29, 0.717) is 11.5 Å². The Bertz CT molecular complexity index is 815. The van der Waals surface area contributed by atoms with Gasteiger partial charge < -0.3 is 19.7 Å². The number of benzene rings is 2. The molecule has 2 aromatic rings. The Morgan fingerprint density at radius 1 is 1.07 bits per heavy atom. The number of ether oxygens (including phenoxy) is 2. The van der Waals surface area contributed by atoms with E-state index in [1.165, 1.54) is 4.90 Å². The summed E-state index contributed by atoms with van der Waals surface area (Å²) < 4.78 is 11.0. The molecule has 1 atom stereocenters. The van der Waals surface area contributed by atoms with Gasteiger partial charge >= 0.3 is 0 Å². The van der Waals surface area contributed by atoms with Crippen LogP contribution in [-0.2, 0) is 16.1 Å². The first-order valence-electron chi connectivity index (χ1n) is 9.19. The molecule has 0 aromatic heterocycles. The monoisotopic (exact) mass is 384 g/mol. The first-order chi connectivity index (χ1) is 13.3. The molecule has 0 spiro atoms. The highest BCUT2D eigenvalue weighted by Gasteiger charge is 2.26. The average molecular weight is 384 g/mol. The summed E-state index contributed by atoms with van der Waals surface area (Å²) in [6.45, 7) is 5.79. The number of nitrogens with one attached hydrogen (secondary N) is 1. The fourth-order valence-corrected chi connectivity index (χ4v) is 3.00. The quantitative estimate of drug-likeness (QED) is 0.760. The zero-order valence-electron chi connectivity index (χ0n) is 17.1. The fourth-order valence-electron chi connectivity index (χ4n) is 3.00. The Balaban J connectivity index is 2.17. The van der Waals surface area contributed by atoms with Gasteiger partial charge in [0, 0.05) is 13.6 Å². The van der Waals surface area contributed by atoms with Gasteiger partial charge in [-0.05, 0) is 61.7 Å². The molecule has 1 N–H and O–H groups in total. The van der Waals surface area contributed by atoms with Crippen LogP contribution in [0.5, 0.6) is 11.5 Å². The summed E-state index contributed by atoms with van der Waals surface area (Å²) in [6, 6.07) is 12.6. The van der Waals surface area contributed by atoms with Crippen molar-refractivity contribution >= 4 is 11.8 Å². The second kappa shape index (κ2) is 9.78. The maximum atomic E-state index is 12.9. The van der Waals surface area contributed by atoms with Crippen LogP contribution < -0.4 is 14.8 Å². The van der Waals surface area contributed by atoms with Crippen molar-refractivity contribution in [1.29, 1.82) is 0 Å². The predicted molar refractivity (Wildman–Crippen MR) is 108 cm³/mol. The van der Waals surface area contributed by atoms with Crippen LogP contribution in [0.3, 0.4) is 0 Å². The maximum Gasteiger partial charge on any atom is 0.261 e. The van der Waals surface area contributed by atoms with E-state index in [4.69, 9.17) is 9.47 Å². The molecule has 0 radical (unpaired) electrons. The van der Waals surface area contributed by atoms with Crippen LogP contribution in [-0.4, -0.2) is 43.5 Å². The number of rotatable bonds is 8. The van der Waals surface area contributed by atoms with Crippen molar-refractivity contribution in [1.82, 2.24) is 10.2 Å². The number of nitrogens with zero attached hydrogens (tertiary/aromatic N) is 1. The summed E-state index contributed by atoms with van der Waals surface area (Å²) in [5.41, 5.74) is 3.00. The van der Waals surface area contributed by atoms with Crippen LogP contribution in [0.2, 0.25) is 0 Å². The highest BCUT2D eigenvalue weighted by molar-refractivity contribution is 5.87. The second-order valence-corrected chi connectivity index (χ2v) is 6.78. The van der Waals surface area contributed by atoms with Gasteiger partial charge in [-0.15, -0.1) is 0 Å². The molecule has 2 amide bonds. The topological polar surface area (TPSA) is 67.9 Å². The minimum absolute atomic E-state index is 0.145. The van der Waals surface area contributed by atoms with Crippen molar-refractivity contribution in [3.63, 3.8) is 0 Å². The van der Waals surface area contributed by atoms with Crippen LogP contribution in [0.4, 0.5) is 0 Å². The van der Waals surface area contributed by atoms with E-state index < -0.39 is 6.04 Å². The molecule has 6 heteroatoms. The smallest absolute Gasteiger partial charge is 0.261 e. The number of likely N-dealkylation sites (N-methyl/N-ethyl adjacent to an activating group) is 1. The molecule has 0 unspecified atom stereocenters. The van der Waals surface area contributed by atoms with E-state index in [9.17, 15) is 9.59 Å². The first kappa shape index (κ1) is 21.3. The highest BCUT2D eigenvalue weighted by Crippen LogP contribution is 2.18. The maximum absolute atomic E-state index is 12.9. The minimum Gasteiger partial charge on any atom is -0.497 e. The summed E-state index contributed by atoms with van der Waals surface area (Å²) >= 11 is 0. The van der Waals surface area contributed by atoms with E-state index in [1.54, 1.807) is 21.1 Å². The third kappa shape index (κ3) is 5.74. The Labute approximate surface area is 166 Å². The van der Waals surface area contributed by atoms with Crippen molar-refractivity contribution in [2.24, 2.45) is 0 Å². The van der Waals surface area contributed by atoms with E-state index in [1.807, 2.05) is 56.3 Å². The lowest BCUT2D eigenvalue weighted by atomic mass is 10.1. The summed E-state index contributed by atoms with van der Waals surface area (Å²) in [5.74, 6) is 0.837. The Morgan fingerprint density at radius 2 is 1.75 bits per heavy atom. The van der Waals surface area contributed by atoms with Gasteiger partial charge in [0.2, 0.25) is 5.91 Å². The van der Waals surface area contributed by atoms with E-state index in [2.05, 4.69) is 5.32 Å². The van der Waals surface area contributed by atoms with Gasteiger partial charge in [-0.1, -0.05) is 18.2 Å². The molecule has 0 saturated heterocycles. The largest absolute Gasteiger partial charge is 0.497 e. The third-order valence-corrected chi connectivity index (χ3v) is 4.46. The summed E-state index contributed by atoms with van der Waals surface area (Å²) in [6.07, 6.45) is 0. The number of carbonyl (C=O) groups is 2. The second-order valence-electron chi connectivity index (χ2n) is 6.78. The van der Waals surface area contributed by atoms with E-state index in [0.717, 1.165) is 16.7 Å². The molecule has 150 valence electrons. The number of amides is 2. The van der Waals surface area contributed by atoms with E-state index >= 15 is 0 Å². The molecule has 0 aliphatic heterocycles. The molecular formula is C22H28N2O4. The van der Waals surface area contributed by atoms with Gasteiger partial charge in [-0.2, -0.15) is 0 Å². The number of carbonyl (C=O) groups excluding carboxylic acids is 2. The van der Waals surface area contributed by atoms with Crippen LogP contribution in [0.15, 0.2) is 42.5 Å². The predicted octanol–water partition coefficient (Wildman–Crippen LogP) is 2.85. The van der Waals surface area contributed by atoms with Gasteiger partial charge in [-0.3, -0.25) is 9.59 Å². The van der Waals surface area contributed by atoms with E-state index in [-0.39, 0.29) is 25.0 Å². The zero-order valence-corrected chi connectivity index (χ0v) is 17.1. The molecule has 6 nitrogen and oxygen atoms in total. The van der Waals surface area contributed by atoms with Crippen molar-refractivity contribution < 1.29 is 19.1 Å². The Morgan fingerprint density at radius 3 is 2.36 bits per heavy atom. The Hall–Kier alpha value is -3.02. The third-order valence-electron chi connectivity index (χ3n) is 4.46. The number of aryl methyl sites for hydroxylation is 2. The summed E-state index contributed by atoms with van der Waals surface area (Å²) in [4.78, 5) is 26.6. The molecule has 28 heavy (non-hydrogen) atoms. The van der Waals surface area contributed by atoms with Crippen LogP contribution in [0.1, 0.15) is 23.6 Å². The molecule has 0 aliphatic carbocycles. The molecular weight excluding hydrogens is 356 g/mol.